The summed E-state index contributed by atoms with van der Waals surface area (Å²) in [5.41, 5.74) is 1.18. The number of hydrogen-bond donors (Lipinski definition) is 1. The number of fused-ring (bicyclic) bond motifs is 1. The number of aliphatic hydroxyl groups excluding tert-OH is 1. The maximum absolute atomic E-state index is 12.3. The Balaban J connectivity index is 1.73. The smallest absolute Gasteiger partial charge is 0.231 e. The molecule has 17 heavy (non-hydrogen) atoms. The van der Waals surface area contributed by atoms with Gasteiger partial charge in [-0.3, -0.25) is 4.79 Å². The number of aliphatic hydroxyl groups is 1. The van der Waals surface area contributed by atoms with Gasteiger partial charge in [0.25, 0.3) is 0 Å². The average Bonchev–Trinajstić information content (AvgIpc) is 2.71. The molecule has 2 heterocycles. The maximum atomic E-state index is 12.3. The molecule has 0 saturated carbocycles. The summed E-state index contributed by atoms with van der Waals surface area (Å²) in [5, 5.41) is 8.97. The van der Waals surface area contributed by atoms with Crippen molar-refractivity contribution in [2.75, 3.05) is 25.4 Å². The number of likely N-dealkylation sites (tertiary alicyclic amines) is 1. The summed E-state index contributed by atoms with van der Waals surface area (Å²) in [6, 6.07) is 8.16. The van der Waals surface area contributed by atoms with Gasteiger partial charge in [0.05, 0.1) is 5.92 Å². The first-order chi connectivity index (χ1) is 8.29. The molecule has 3 rings (SSSR count). The molecule has 0 aromatic heterocycles. The number of thioether (sulfide) groups is 1. The van der Waals surface area contributed by atoms with Gasteiger partial charge in [0.1, 0.15) is 0 Å². The summed E-state index contributed by atoms with van der Waals surface area (Å²) in [4.78, 5) is 15.4. The van der Waals surface area contributed by atoms with E-state index < -0.39 is 0 Å². The second-order valence-corrected chi connectivity index (χ2v) is 5.76. The Morgan fingerprint density at radius 2 is 2.18 bits per heavy atom. The molecule has 3 nitrogen and oxygen atoms in total. The monoisotopic (exact) mass is 249 g/mol. The van der Waals surface area contributed by atoms with Gasteiger partial charge in [-0.05, 0) is 11.6 Å². The standard InChI is InChI=1S/C13H15NO2S/c15-7-9-5-14(6-9)13(16)11-8-17-12-4-2-1-3-10(11)12/h1-4,9,11,15H,5-8H2. The lowest BCUT2D eigenvalue weighted by Gasteiger charge is -2.39. The maximum Gasteiger partial charge on any atom is 0.231 e. The molecule has 1 aromatic carbocycles. The molecule has 1 atom stereocenters. The molecular weight excluding hydrogens is 234 g/mol. The molecule has 1 N–H and O–H groups in total. The quantitative estimate of drug-likeness (QED) is 0.859. The third-order valence-corrected chi connectivity index (χ3v) is 4.71. The molecule has 4 heteroatoms. The predicted octanol–water partition coefficient (Wildman–Crippen LogP) is 1.33. The zero-order valence-corrected chi connectivity index (χ0v) is 10.3. The van der Waals surface area contributed by atoms with Gasteiger partial charge in [-0.1, -0.05) is 18.2 Å². The molecule has 0 bridgehead atoms. The summed E-state index contributed by atoms with van der Waals surface area (Å²) in [6.45, 7) is 1.64. The summed E-state index contributed by atoms with van der Waals surface area (Å²) < 4.78 is 0. The predicted molar refractivity (Wildman–Crippen MR) is 67.1 cm³/mol. The molecule has 1 unspecified atom stereocenters. The summed E-state index contributed by atoms with van der Waals surface area (Å²) >= 11 is 1.77. The SMILES string of the molecule is O=C(C1CSc2ccccc21)N1CC(CO)C1. The first-order valence-corrected chi connectivity index (χ1v) is 6.89. The van der Waals surface area contributed by atoms with Gasteiger partial charge >= 0.3 is 0 Å². The van der Waals surface area contributed by atoms with Crippen molar-refractivity contribution in [3.8, 4) is 0 Å². The number of carbonyl (C=O) groups excluding carboxylic acids is 1. The number of carbonyl (C=O) groups is 1. The molecule has 2 aliphatic rings. The van der Waals surface area contributed by atoms with Crippen molar-refractivity contribution in [3.63, 3.8) is 0 Å². The second kappa shape index (κ2) is 4.35. The van der Waals surface area contributed by atoms with Crippen molar-refractivity contribution < 1.29 is 9.90 Å². The highest BCUT2D eigenvalue weighted by Gasteiger charge is 2.37. The fraction of sp³-hybridized carbons (Fsp3) is 0.462. The van der Waals surface area contributed by atoms with Crippen LogP contribution in [0.2, 0.25) is 0 Å². The molecule has 1 fully saturated rings. The largest absolute Gasteiger partial charge is 0.396 e. The van der Waals surface area contributed by atoms with E-state index in [1.54, 1.807) is 11.8 Å². The molecular formula is C13H15NO2S. The second-order valence-electron chi connectivity index (χ2n) is 4.69. The van der Waals surface area contributed by atoms with Crippen LogP contribution in [-0.2, 0) is 4.79 Å². The first kappa shape index (κ1) is 11.1. The minimum absolute atomic E-state index is 0.0239. The van der Waals surface area contributed by atoms with Gasteiger partial charge in [-0.2, -0.15) is 0 Å². The van der Waals surface area contributed by atoms with Crippen LogP contribution in [0.3, 0.4) is 0 Å². The molecule has 0 aliphatic carbocycles. The minimum Gasteiger partial charge on any atom is -0.396 e. The van der Waals surface area contributed by atoms with E-state index in [-0.39, 0.29) is 18.4 Å². The normalized spacial score (nSPS) is 23.4. The van der Waals surface area contributed by atoms with E-state index >= 15 is 0 Å². The number of hydrogen-bond acceptors (Lipinski definition) is 3. The van der Waals surface area contributed by atoms with Crippen molar-refractivity contribution in [2.24, 2.45) is 5.92 Å². The Morgan fingerprint density at radius 3 is 2.94 bits per heavy atom. The molecule has 90 valence electrons. The van der Waals surface area contributed by atoms with Gasteiger partial charge in [0, 0.05) is 36.3 Å². The Bertz CT molecular complexity index is 443. The van der Waals surface area contributed by atoms with E-state index in [0.717, 1.165) is 18.8 Å². The average molecular weight is 249 g/mol. The highest BCUT2D eigenvalue weighted by Crippen LogP contribution is 2.40. The topological polar surface area (TPSA) is 40.5 Å². The number of nitrogens with zero attached hydrogens (tertiary/aromatic N) is 1. The van der Waals surface area contributed by atoms with Crippen molar-refractivity contribution in [3.05, 3.63) is 29.8 Å². The summed E-state index contributed by atoms with van der Waals surface area (Å²) in [5.74, 6) is 1.41. The van der Waals surface area contributed by atoms with Gasteiger partial charge in [-0.25, -0.2) is 0 Å². The van der Waals surface area contributed by atoms with Gasteiger partial charge in [0.2, 0.25) is 5.91 Å². The van der Waals surface area contributed by atoms with Crippen LogP contribution < -0.4 is 0 Å². The fourth-order valence-electron chi connectivity index (χ4n) is 2.45. The van der Waals surface area contributed by atoms with Crippen LogP contribution in [0.1, 0.15) is 11.5 Å². The van der Waals surface area contributed by atoms with E-state index in [9.17, 15) is 4.79 Å². The van der Waals surface area contributed by atoms with E-state index in [0.29, 0.717) is 5.92 Å². The van der Waals surface area contributed by atoms with Crippen LogP contribution in [0.4, 0.5) is 0 Å². The Labute approximate surface area is 105 Å². The van der Waals surface area contributed by atoms with Crippen LogP contribution in [-0.4, -0.2) is 41.4 Å². The molecule has 2 aliphatic heterocycles. The third kappa shape index (κ3) is 1.85. The molecule has 1 amide bonds. The van der Waals surface area contributed by atoms with Crippen molar-refractivity contribution in [1.29, 1.82) is 0 Å². The molecule has 1 saturated heterocycles. The highest BCUT2D eigenvalue weighted by atomic mass is 32.2. The first-order valence-electron chi connectivity index (χ1n) is 5.91. The van der Waals surface area contributed by atoms with E-state index in [2.05, 4.69) is 12.1 Å². The van der Waals surface area contributed by atoms with Crippen molar-refractivity contribution >= 4 is 17.7 Å². The van der Waals surface area contributed by atoms with Crippen LogP contribution in [0.25, 0.3) is 0 Å². The van der Waals surface area contributed by atoms with Crippen LogP contribution >= 0.6 is 11.8 Å². The lowest BCUT2D eigenvalue weighted by Crippen LogP contribution is -2.52. The van der Waals surface area contributed by atoms with Crippen LogP contribution in [0.15, 0.2) is 29.2 Å². The molecule has 1 aromatic rings. The van der Waals surface area contributed by atoms with Crippen LogP contribution in [0, 0.1) is 5.92 Å². The minimum atomic E-state index is 0.0239. The Kier molecular flexibility index (Phi) is 2.84. The van der Waals surface area contributed by atoms with Gasteiger partial charge in [0.15, 0.2) is 0 Å². The highest BCUT2D eigenvalue weighted by molar-refractivity contribution is 7.99. The number of rotatable bonds is 2. The van der Waals surface area contributed by atoms with E-state index in [1.165, 1.54) is 10.5 Å². The number of amides is 1. The molecule has 0 spiro atoms. The van der Waals surface area contributed by atoms with Crippen molar-refractivity contribution in [2.45, 2.75) is 10.8 Å². The van der Waals surface area contributed by atoms with Crippen LogP contribution in [0.5, 0.6) is 0 Å². The van der Waals surface area contributed by atoms with Gasteiger partial charge < -0.3 is 10.0 Å². The summed E-state index contributed by atoms with van der Waals surface area (Å²) in [7, 11) is 0. The summed E-state index contributed by atoms with van der Waals surface area (Å²) in [6.07, 6.45) is 0. The lowest BCUT2D eigenvalue weighted by molar-refractivity contribution is -0.139. The zero-order chi connectivity index (χ0) is 11.8. The number of benzene rings is 1. The fourth-order valence-corrected chi connectivity index (χ4v) is 3.67. The zero-order valence-electron chi connectivity index (χ0n) is 9.50. The Morgan fingerprint density at radius 1 is 1.41 bits per heavy atom. The van der Waals surface area contributed by atoms with E-state index in [4.69, 9.17) is 5.11 Å². The van der Waals surface area contributed by atoms with E-state index in [1.807, 2.05) is 17.0 Å². The molecule has 0 radical (unpaired) electrons. The third-order valence-electron chi connectivity index (χ3n) is 3.53. The lowest BCUT2D eigenvalue weighted by atomic mass is 9.95. The van der Waals surface area contributed by atoms with Crippen molar-refractivity contribution in [1.82, 2.24) is 4.90 Å². The Hall–Kier alpha value is -1.00. The van der Waals surface area contributed by atoms with Gasteiger partial charge in [-0.15, -0.1) is 11.8 Å².